The van der Waals surface area contributed by atoms with Crippen LogP contribution in [0.4, 0.5) is 9.18 Å². The Morgan fingerprint density at radius 1 is 1.07 bits per heavy atom. The number of hydrogen-bond acceptors (Lipinski definition) is 3. The van der Waals surface area contributed by atoms with Crippen molar-refractivity contribution >= 4 is 16.9 Å². The molecule has 3 N–H and O–H groups in total. The fourth-order valence-electron chi connectivity index (χ4n) is 3.23. The fraction of sp³-hybridized carbons (Fsp3) is 0.286. The van der Waals surface area contributed by atoms with Gasteiger partial charge in [0.05, 0.1) is 13.2 Å². The van der Waals surface area contributed by atoms with Gasteiger partial charge in [0.1, 0.15) is 5.82 Å². The van der Waals surface area contributed by atoms with Crippen molar-refractivity contribution in [3.05, 3.63) is 59.5 Å². The summed E-state index contributed by atoms with van der Waals surface area (Å²) in [5.74, 6) is 1.18. The predicted octanol–water partition coefficient (Wildman–Crippen LogP) is 3.51. The first-order chi connectivity index (χ1) is 13.7. The second-order valence-electron chi connectivity index (χ2n) is 6.69. The maximum Gasteiger partial charge on any atom is 0.315 e. The Hall–Kier alpha value is -3.22. The minimum absolute atomic E-state index is 0.252. The molecule has 0 unspecified atom stereocenters. The monoisotopic (exact) mass is 383 g/mol. The number of nitrogens with one attached hydrogen (secondary N) is 3. The molecule has 0 bridgehead atoms. The molecule has 0 radical (unpaired) electrons. The van der Waals surface area contributed by atoms with Crippen LogP contribution in [0.3, 0.4) is 0 Å². The molecule has 146 valence electrons. The van der Waals surface area contributed by atoms with Crippen LogP contribution in [0.1, 0.15) is 17.5 Å². The third-order valence-electron chi connectivity index (χ3n) is 4.67. The van der Waals surface area contributed by atoms with Crippen molar-refractivity contribution < 1.29 is 18.7 Å². The number of amides is 2. The van der Waals surface area contributed by atoms with Gasteiger partial charge in [0.2, 0.25) is 0 Å². The normalized spacial score (nSPS) is 13.2. The molecule has 1 aromatic heterocycles. The van der Waals surface area contributed by atoms with E-state index in [1.165, 1.54) is 12.1 Å². The first kappa shape index (κ1) is 18.2. The largest absolute Gasteiger partial charge is 0.490 e. The third kappa shape index (κ3) is 4.19. The average molecular weight is 383 g/mol. The van der Waals surface area contributed by atoms with E-state index in [1.807, 2.05) is 24.4 Å². The molecule has 1 aliphatic rings. The summed E-state index contributed by atoms with van der Waals surface area (Å²) >= 11 is 0. The minimum atomic E-state index is -0.269. The molecule has 0 saturated carbocycles. The van der Waals surface area contributed by atoms with E-state index in [-0.39, 0.29) is 11.8 Å². The second-order valence-corrected chi connectivity index (χ2v) is 6.69. The highest BCUT2D eigenvalue weighted by Gasteiger charge is 2.11. The van der Waals surface area contributed by atoms with Crippen LogP contribution in [0.25, 0.3) is 10.9 Å². The summed E-state index contributed by atoms with van der Waals surface area (Å²) in [5.41, 5.74) is 2.79. The Morgan fingerprint density at radius 3 is 2.82 bits per heavy atom. The topological polar surface area (TPSA) is 75.4 Å². The highest BCUT2D eigenvalue weighted by Crippen LogP contribution is 2.30. The van der Waals surface area contributed by atoms with Gasteiger partial charge >= 0.3 is 6.03 Å². The van der Waals surface area contributed by atoms with Crippen LogP contribution in [-0.2, 0) is 13.0 Å². The number of carbonyl (C=O) groups excluding carboxylic acids is 1. The van der Waals surface area contributed by atoms with Crippen molar-refractivity contribution in [3.8, 4) is 11.5 Å². The summed E-state index contributed by atoms with van der Waals surface area (Å²) in [6.07, 6.45) is 3.32. The maximum atomic E-state index is 13.4. The Labute approximate surface area is 162 Å². The van der Waals surface area contributed by atoms with Gasteiger partial charge in [-0.15, -0.1) is 0 Å². The third-order valence-corrected chi connectivity index (χ3v) is 4.67. The number of ether oxygens (including phenoxy) is 2. The lowest BCUT2D eigenvalue weighted by molar-refractivity contribution is 0.240. The zero-order chi connectivity index (χ0) is 19.3. The standard InChI is InChI=1S/C21H22FN3O3/c22-16-3-4-18-17(11-16)15(13-24-18)6-7-23-21(26)25-12-14-2-5-19-20(10-14)28-9-1-8-27-19/h2-5,10-11,13,24H,1,6-9,12H2,(H2,23,25,26). The Balaban J connectivity index is 1.27. The number of hydrogen-bond donors (Lipinski definition) is 3. The zero-order valence-electron chi connectivity index (χ0n) is 15.4. The molecule has 3 aromatic rings. The van der Waals surface area contributed by atoms with Crippen molar-refractivity contribution in [2.75, 3.05) is 19.8 Å². The Kier molecular flexibility index (Phi) is 5.32. The van der Waals surface area contributed by atoms with E-state index >= 15 is 0 Å². The number of urea groups is 1. The molecule has 2 heterocycles. The maximum absolute atomic E-state index is 13.4. The second kappa shape index (κ2) is 8.21. The molecular formula is C21H22FN3O3. The van der Waals surface area contributed by atoms with E-state index in [0.29, 0.717) is 38.5 Å². The summed E-state index contributed by atoms with van der Waals surface area (Å²) in [7, 11) is 0. The van der Waals surface area contributed by atoms with E-state index < -0.39 is 0 Å². The predicted molar refractivity (Wildman–Crippen MR) is 104 cm³/mol. The van der Waals surface area contributed by atoms with Crippen LogP contribution in [-0.4, -0.2) is 30.8 Å². The lowest BCUT2D eigenvalue weighted by Gasteiger charge is -2.11. The van der Waals surface area contributed by atoms with Gasteiger partial charge in [0, 0.05) is 36.6 Å². The molecule has 0 fully saturated rings. The molecule has 2 aromatic carbocycles. The number of halogens is 1. The molecule has 0 spiro atoms. The molecule has 0 aliphatic carbocycles. The Bertz CT molecular complexity index is 986. The molecule has 28 heavy (non-hydrogen) atoms. The van der Waals surface area contributed by atoms with Gasteiger partial charge in [-0.05, 0) is 47.9 Å². The highest BCUT2D eigenvalue weighted by molar-refractivity contribution is 5.83. The smallest absolute Gasteiger partial charge is 0.315 e. The van der Waals surface area contributed by atoms with Gasteiger partial charge in [0.25, 0.3) is 0 Å². The number of aromatic amines is 1. The molecule has 1 aliphatic heterocycles. The first-order valence-electron chi connectivity index (χ1n) is 9.35. The average Bonchev–Trinajstić information content (AvgIpc) is 2.94. The van der Waals surface area contributed by atoms with E-state index in [2.05, 4.69) is 15.6 Å². The van der Waals surface area contributed by atoms with E-state index in [9.17, 15) is 9.18 Å². The lowest BCUT2D eigenvalue weighted by Crippen LogP contribution is -2.36. The number of carbonyl (C=O) groups is 1. The van der Waals surface area contributed by atoms with Crippen molar-refractivity contribution in [1.29, 1.82) is 0 Å². The van der Waals surface area contributed by atoms with Gasteiger partial charge in [-0.3, -0.25) is 0 Å². The van der Waals surface area contributed by atoms with Crippen LogP contribution in [0.2, 0.25) is 0 Å². The van der Waals surface area contributed by atoms with E-state index in [0.717, 1.165) is 34.2 Å². The van der Waals surface area contributed by atoms with Crippen LogP contribution in [0.15, 0.2) is 42.6 Å². The van der Waals surface area contributed by atoms with Crippen LogP contribution < -0.4 is 20.1 Å². The molecule has 6 nitrogen and oxygen atoms in total. The van der Waals surface area contributed by atoms with Gasteiger partial charge in [-0.2, -0.15) is 0 Å². The lowest BCUT2D eigenvalue weighted by atomic mass is 10.1. The van der Waals surface area contributed by atoms with E-state index in [1.54, 1.807) is 6.07 Å². The van der Waals surface area contributed by atoms with Crippen LogP contribution in [0.5, 0.6) is 11.5 Å². The summed E-state index contributed by atoms with van der Waals surface area (Å²) in [6, 6.07) is 10.1. The van der Waals surface area contributed by atoms with Crippen molar-refractivity contribution in [3.63, 3.8) is 0 Å². The minimum Gasteiger partial charge on any atom is -0.490 e. The summed E-state index contributed by atoms with van der Waals surface area (Å²) in [6.45, 7) is 2.12. The number of rotatable bonds is 5. The number of fused-ring (bicyclic) bond motifs is 2. The summed E-state index contributed by atoms with van der Waals surface area (Å²) < 4.78 is 24.7. The highest BCUT2D eigenvalue weighted by atomic mass is 19.1. The molecule has 0 saturated heterocycles. The van der Waals surface area contributed by atoms with Crippen molar-refractivity contribution in [1.82, 2.24) is 15.6 Å². The number of aromatic nitrogens is 1. The fourth-order valence-corrected chi connectivity index (χ4v) is 3.23. The SMILES string of the molecule is O=C(NCCc1c[nH]c2ccc(F)cc12)NCc1ccc2c(c1)OCCCO2. The number of H-pyrrole nitrogens is 1. The molecule has 0 atom stereocenters. The first-order valence-corrected chi connectivity index (χ1v) is 9.35. The van der Waals surface area contributed by atoms with Gasteiger partial charge in [-0.25, -0.2) is 9.18 Å². The van der Waals surface area contributed by atoms with Crippen LogP contribution in [0, 0.1) is 5.82 Å². The van der Waals surface area contributed by atoms with Gasteiger partial charge in [0.15, 0.2) is 11.5 Å². The Morgan fingerprint density at radius 2 is 1.93 bits per heavy atom. The summed E-state index contributed by atoms with van der Waals surface area (Å²) in [4.78, 5) is 15.2. The molecule has 7 heteroatoms. The van der Waals surface area contributed by atoms with Crippen molar-refractivity contribution in [2.45, 2.75) is 19.4 Å². The molecular weight excluding hydrogens is 361 g/mol. The van der Waals surface area contributed by atoms with Crippen molar-refractivity contribution in [2.24, 2.45) is 0 Å². The zero-order valence-corrected chi connectivity index (χ0v) is 15.4. The van der Waals surface area contributed by atoms with E-state index in [4.69, 9.17) is 9.47 Å². The number of benzene rings is 2. The molecule has 4 rings (SSSR count). The quantitative estimate of drug-likeness (QED) is 0.631. The molecule has 2 amide bonds. The summed E-state index contributed by atoms with van der Waals surface area (Å²) in [5, 5.41) is 6.50. The van der Waals surface area contributed by atoms with Gasteiger partial charge < -0.3 is 25.1 Å². The van der Waals surface area contributed by atoms with Crippen LogP contribution >= 0.6 is 0 Å². The van der Waals surface area contributed by atoms with Gasteiger partial charge in [-0.1, -0.05) is 6.07 Å².